The fourth-order valence-corrected chi connectivity index (χ4v) is 2.55. The highest BCUT2D eigenvalue weighted by Crippen LogP contribution is 2.29. The van der Waals surface area contributed by atoms with Gasteiger partial charge in [0.15, 0.2) is 5.78 Å². The van der Waals surface area contributed by atoms with Gasteiger partial charge in [0.1, 0.15) is 5.75 Å². The number of aromatic hydroxyl groups is 1. The fraction of sp³-hybridized carbons (Fsp3) is 0.500. The second-order valence-electron chi connectivity index (χ2n) is 4.78. The third-order valence-electron chi connectivity index (χ3n) is 3.46. The van der Waals surface area contributed by atoms with Gasteiger partial charge in [-0.15, -0.1) is 0 Å². The zero-order chi connectivity index (χ0) is 11.5. The Morgan fingerprint density at radius 1 is 1.38 bits per heavy atom. The van der Waals surface area contributed by atoms with Crippen molar-refractivity contribution >= 4 is 5.78 Å². The van der Waals surface area contributed by atoms with Crippen LogP contribution in [0.4, 0.5) is 0 Å². The molecule has 1 aromatic rings. The first-order valence-electron chi connectivity index (χ1n) is 5.99. The summed E-state index contributed by atoms with van der Waals surface area (Å²) in [6, 6.07) is 4.98. The van der Waals surface area contributed by atoms with Crippen LogP contribution < -0.4 is 0 Å². The predicted octanol–water partition coefficient (Wildman–Crippen LogP) is 3.46. The van der Waals surface area contributed by atoms with Crippen LogP contribution in [0.1, 0.15) is 48.0 Å². The lowest BCUT2D eigenvalue weighted by Crippen LogP contribution is -2.07. The molecule has 0 spiro atoms. The summed E-state index contributed by atoms with van der Waals surface area (Å²) < 4.78 is 0. The van der Waals surface area contributed by atoms with Crippen molar-refractivity contribution in [2.24, 2.45) is 5.92 Å². The van der Waals surface area contributed by atoms with Crippen molar-refractivity contribution in [1.29, 1.82) is 0 Å². The van der Waals surface area contributed by atoms with Crippen molar-refractivity contribution in [3.8, 4) is 5.75 Å². The van der Waals surface area contributed by atoms with Crippen LogP contribution in [0.5, 0.6) is 5.75 Å². The minimum Gasteiger partial charge on any atom is -0.508 e. The highest BCUT2D eigenvalue weighted by molar-refractivity contribution is 5.97. The first-order valence-corrected chi connectivity index (χ1v) is 5.99. The number of carbonyl (C=O) groups is 1. The van der Waals surface area contributed by atoms with Gasteiger partial charge in [-0.2, -0.15) is 0 Å². The van der Waals surface area contributed by atoms with E-state index in [4.69, 9.17) is 0 Å². The lowest BCUT2D eigenvalue weighted by atomic mass is 9.95. The summed E-state index contributed by atoms with van der Waals surface area (Å²) in [6.45, 7) is 1.88. The summed E-state index contributed by atoms with van der Waals surface area (Å²) >= 11 is 0. The molecule has 0 heterocycles. The molecule has 1 aliphatic carbocycles. The molecular weight excluding hydrogens is 200 g/mol. The average Bonchev–Trinajstić information content (AvgIpc) is 2.70. The van der Waals surface area contributed by atoms with Crippen LogP contribution in [0.2, 0.25) is 0 Å². The third-order valence-corrected chi connectivity index (χ3v) is 3.46. The Morgan fingerprint density at radius 3 is 2.69 bits per heavy atom. The number of carbonyl (C=O) groups excluding carboxylic acids is 1. The lowest BCUT2D eigenvalue weighted by Gasteiger charge is -2.09. The largest absolute Gasteiger partial charge is 0.508 e. The number of aryl methyl sites for hydroxylation is 1. The highest BCUT2D eigenvalue weighted by atomic mass is 16.3. The molecule has 0 saturated heterocycles. The van der Waals surface area contributed by atoms with Crippen molar-refractivity contribution in [1.82, 2.24) is 0 Å². The van der Waals surface area contributed by atoms with E-state index in [1.54, 1.807) is 18.2 Å². The van der Waals surface area contributed by atoms with E-state index in [0.717, 1.165) is 11.1 Å². The van der Waals surface area contributed by atoms with Gasteiger partial charge in [-0.3, -0.25) is 4.79 Å². The fourth-order valence-electron chi connectivity index (χ4n) is 2.55. The SMILES string of the molecule is Cc1cc(O)ccc1C(=O)CC1CCCC1. The Morgan fingerprint density at radius 2 is 2.06 bits per heavy atom. The van der Waals surface area contributed by atoms with Crippen LogP contribution in [0.3, 0.4) is 0 Å². The standard InChI is InChI=1S/C14H18O2/c1-10-8-12(15)6-7-13(10)14(16)9-11-4-2-3-5-11/h6-8,11,15H,2-5,9H2,1H3. The zero-order valence-corrected chi connectivity index (χ0v) is 9.70. The van der Waals surface area contributed by atoms with E-state index in [1.807, 2.05) is 6.92 Å². The van der Waals surface area contributed by atoms with Gasteiger partial charge in [-0.25, -0.2) is 0 Å². The molecule has 1 fully saturated rings. The lowest BCUT2D eigenvalue weighted by molar-refractivity contribution is 0.0961. The molecule has 2 nitrogen and oxygen atoms in total. The molecule has 1 saturated carbocycles. The summed E-state index contributed by atoms with van der Waals surface area (Å²) in [5, 5.41) is 9.29. The number of hydrogen-bond donors (Lipinski definition) is 1. The molecule has 0 amide bonds. The monoisotopic (exact) mass is 218 g/mol. The number of phenols is 1. The normalized spacial score (nSPS) is 16.6. The Kier molecular flexibility index (Phi) is 3.28. The van der Waals surface area contributed by atoms with Crippen LogP contribution in [0, 0.1) is 12.8 Å². The molecule has 86 valence electrons. The summed E-state index contributed by atoms with van der Waals surface area (Å²) in [4.78, 5) is 12.1. The molecule has 1 aromatic carbocycles. The quantitative estimate of drug-likeness (QED) is 0.789. The highest BCUT2D eigenvalue weighted by Gasteiger charge is 2.20. The maximum absolute atomic E-state index is 12.1. The summed E-state index contributed by atoms with van der Waals surface area (Å²) in [5.74, 6) is 1.04. The predicted molar refractivity (Wildman–Crippen MR) is 63.7 cm³/mol. The van der Waals surface area contributed by atoms with E-state index in [9.17, 15) is 9.90 Å². The van der Waals surface area contributed by atoms with Crippen molar-refractivity contribution in [3.63, 3.8) is 0 Å². The minimum atomic E-state index is 0.226. The average molecular weight is 218 g/mol. The van der Waals surface area contributed by atoms with Gasteiger partial charge in [0.25, 0.3) is 0 Å². The van der Waals surface area contributed by atoms with Gasteiger partial charge < -0.3 is 5.11 Å². The molecule has 0 unspecified atom stereocenters. The molecule has 2 rings (SSSR count). The number of hydrogen-bond acceptors (Lipinski definition) is 2. The van der Waals surface area contributed by atoms with Crippen LogP contribution in [0.25, 0.3) is 0 Å². The summed E-state index contributed by atoms with van der Waals surface area (Å²) in [7, 11) is 0. The van der Waals surface area contributed by atoms with Gasteiger partial charge in [0, 0.05) is 12.0 Å². The number of rotatable bonds is 3. The van der Waals surface area contributed by atoms with E-state index in [0.29, 0.717) is 12.3 Å². The first-order chi connectivity index (χ1) is 7.66. The second-order valence-corrected chi connectivity index (χ2v) is 4.78. The number of benzene rings is 1. The molecule has 1 aliphatic rings. The second kappa shape index (κ2) is 4.69. The Labute approximate surface area is 96.3 Å². The molecule has 1 N–H and O–H groups in total. The van der Waals surface area contributed by atoms with E-state index >= 15 is 0 Å². The van der Waals surface area contributed by atoms with Gasteiger partial charge in [-0.1, -0.05) is 25.7 Å². The Bertz CT molecular complexity index is 390. The van der Waals surface area contributed by atoms with E-state index in [-0.39, 0.29) is 11.5 Å². The molecule has 0 atom stereocenters. The number of Topliss-reactive ketones (excluding diaryl/α,β-unsaturated/α-hetero) is 1. The maximum Gasteiger partial charge on any atom is 0.163 e. The Balaban J connectivity index is 2.08. The van der Waals surface area contributed by atoms with Crippen molar-refractivity contribution in [2.45, 2.75) is 39.0 Å². The molecule has 0 aliphatic heterocycles. The third kappa shape index (κ3) is 2.43. The van der Waals surface area contributed by atoms with E-state index in [2.05, 4.69) is 0 Å². The topological polar surface area (TPSA) is 37.3 Å². The molecule has 16 heavy (non-hydrogen) atoms. The van der Waals surface area contributed by atoms with E-state index < -0.39 is 0 Å². The van der Waals surface area contributed by atoms with Crippen molar-refractivity contribution in [3.05, 3.63) is 29.3 Å². The van der Waals surface area contributed by atoms with Crippen molar-refractivity contribution < 1.29 is 9.90 Å². The summed E-state index contributed by atoms with van der Waals surface area (Å²) in [5.41, 5.74) is 1.65. The van der Waals surface area contributed by atoms with Gasteiger partial charge in [0.05, 0.1) is 0 Å². The Hall–Kier alpha value is -1.31. The zero-order valence-electron chi connectivity index (χ0n) is 9.70. The number of phenolic OH excluding ortho intramolecular Hbond substituents is 1. The van der Waals surface area contributed by atoms with Crippen LogP contribution >= 0.6 is 0 Å². The molecule has 0 aromatic heterocycles. The molecule has 2 heteroatoms. The van der Waals surface area contributed by atoms with Gasteiger partial charge >= 0.3 is 0 Å². The van der Waals surface area contributed by atoms with Gasteiger partial charge in [0.2, 0.25) is 0 Å². The summed E-state index contributed by atoms with van der Waals surface area (Å²) in [6.07, 6.45) is 5.61. The number of ketones is 1. The van der Waals surface area contributed by atoms with Crippen LogP contribution in [0.15, 0.2) is 18.2 Å². The van der Waals surface area contributed by atoms with Crippen LogP contribution in [-0.4, -0.2) is 10.9 Å². The first kappa shape index (κ1) is 11.2. The van der Waals surface area contributed by atoms with Crippen LogP contribution in [-0.2, 0) is 0 Å². The van der Waals surface area contributed by atoms with Crippen molar-refractivity contribution in [2.75, 3.05) is 0 Å². The minimum absolute atomic E-state index is 0.226. The molecular formula is C14H18O2. The molecule has 0 radical (unpaired) electrons. The smallest absolute Gasteiger partial charge is 0.163 e. The van der Waals surface area contributed by atoms with Gasteiger partial charge in [-0.05, 0) is 36.6 Å². The molecule has 0 bridgehead atoms. The van der Waals surface area contributed by atoms with E-state index in [1.165, 1.54) is 25.7 Å². The maximum atomic E-state index is 12.1.